The van der Waals surface area contributed by atoms with E-state index >= 15 is 0 Å². The molecule has 0 saturated carbocycles. The monoisotopic (exact) mass is 474 g/mol. The van der Waals surface area contributed by atoms with Gasteiger partial charge in [0.05, 0.1) is 0 Å². The molecule has 4 rings (SSSR count). The number of benzene rings is 3. The number of hydrogen-bond donors (Lipinski definition) is 5. The van der Waals surface area contributed by atoms with Crippen LogP contribution >= 0.6 is 0 Å². The highest BCUT2D eigenvalue weighted by Gasteiger charge is 2.33. The smallest absolute Gasteiger partial charge is 0.235 e. The van der Waals surface area contributed by atoms with E-state index in [0.29, 0.717) is 5.56 Å². The summed E-state index contributed by atoms with van der Waals surface area (Å²) in [6.07, 6.45) is 0.343. The van der Waals surface area contributed by atoms with Gasteiger partial charge in [-0.15, -0.1) is 0 Å². The number of amides is 2. The Kier molecular flexibility index (Phi) is 10.2. The summed E-state index contributed by atoms with van der Waals surface area (Å²) in [6, 6.07) is 26.9. The highest BCUT2D eigenvalue weighted by molar-refractivity contribution is 6.21. The third-order valence-corrected chi connectivity index (χ3v) is 4.65. The predicted molar refractivity (Wildman–Crippen MR) is 132 cm³/mol. The molecule has 0 radical (unpaired) electrons. The van der Waals surface area contributed by atoms with Gasteiger partial charge in [-0.3, -0.25) is 15.0 Å². The van der Waals surface area contributed by atoms with Gasteiger partial charge in [0.2, 0.25) is 11.8 Å². The van der Waals surface area contributed by atoms with Crippen molar-refractivity contribution < 1.29 is 20.0 Å². The van der Waals surface area contributed by atoms with E-state index in [2.05, 4.69) is 10.3 Å². The number of carbonyl (C=O) groups excluding carboxylic acids is 2. The number of nitrogens with two attached hydrogens (primary N) is 2. The van der Waals surface area contributed by atoms with Crippen LogP contribution in [0.1, 0.15) is 29.5 Å². The highest BCUT2D eigenvalue weighted by Crippen LogP contribution is 2.16. The molecule has 180 valence electrons. The molecule has 2 amide bonds. The number of nitrogens with zero attached hydrogens (tertiary/aromatic N) is 3. The normalized spacial score (nSPS) is 13.3. The third-order valence-electron chi connectivity index (χ3n) is 4.65. The number of likely N-dealkylation sites (tertiary alicyclic amines) is 1. The molecule has 3 aromatic rings. The number of oxime groups is 2. The second-order valence-electron chi connectivity index (χ2n) is 7.04. The van der Waals surface area contributed by atoms with Crippen molar-refractivity contribution in [2.75, 3.05) is 0 Å². The molecule has 10 heteroatoms. The molecule has 35 heavy (non-hydrogen) atoms. The maximum Gasteiger partial charge on any atom is 0.235 e. The van der Waals surface area contributed by atoms with E-state index in [-0.39, 0.29) is 42.2 Å². The lowest BCUT2D eigenvalue weighted by Crippen LogP contribution is -2.36. The van der Waals surface area contributed by atoms with Gasteiger partial charge in [0, 0.05) is 29.5 Å². The van der Waals surface area contributed by atoms with Gasteiger partial charge in [-0.05, 0) is 0 Å². The van der Waals surface area contributed by atoms with Crippen LogP contribution in [0.3, 0.4) is 0 Å². The van der Waals surface area contributed by atoms with Crippen LogP contribution in [0, 0.1) is 5.41 Å². The molecule has 0 atom stereocenters. The maximum atomic E-state index is 11.5. The molecule has 3 aromatic carbocycles. The van der Waals surface area contributed by atoms with Crippen molar-refractivity contribution in [1.82, 2.24) is 4.90 Å². The van der Waals surface area contributed by atoms with E-state index in [9.17, 15) is 9.59 Å². The fraction of sp³-hybridized carbons (Fsp3) is 0.0800. The lowest BCUT2D eigenvalue weighted by atomic mass is 10.2. The minimum absolute atomic E-state index is 0.00639. The second-order valence-corrected chi connectivity index (χ2v) is 7.04. The van der Waals surface area contributed by atoms with Crippen molar-refractivity contribution in [3.63, 3.8) is 0 Å². The fourth-order valence-electron chi connectivity index (χ4n) is 2.92. The fourth-order valence-corrected chi connectivity index (χ4v) is 2.92. The zero-order valence-corrected chi connectivity index (χ0v) is 18.8. The Morgan fingerprint density at radius 2 is 1.09 bits per heavy atom. The van der Waals surface area contributed by atoms with Crippen molar-refractivity contribution in [3.8, 4) is 0 Å². The zero-order valence-electron chi connectivity index (χ0n) is 18.8. The third kappa shape index (κ3) is 7.82. The molecule has 0 aromatic heterocycles. The molecule has 0 aliphatic carbocycles. The number of nitrogen functional groups attached to an aromatic ring is 1. The number of imide groups is 1. The van der Waals surface area contributed by atoms with Crippen molar-refractivity contribution in [3.05, 3.63) is 108 Å². The molecule has 1 saturated heterocycles. The molecule has 0 unspecified atom stereocenters. The Labute approximate surface area is 202 Å². The molecular weight excluding hydrogens is 448 g/mol. The number of rotatable bonds is 3. The Balaban J connectivity index is 0.000000197. The summed E-state index contributed by atoms with van der Waals surface area (Å²) < 4.78 is 0. The first kappa shape index (κ1) is 26.3. The van der Waals surface area contributed by atoms with Crippen LogP contribution in [0.4, 0.5) is 0 Å². The van der Waals surface area contributed by atoms with Gasteiger partial charge in [0.25, 0.3) is 0 Å². The maximum absolute atomic E-state index is 11.5. The Morgan fingerprint density at radius 3 is 1.43 bits per heavy atom. The number of carbonyl (C=O) groups is 2. The van der Waals surface area contributed by atoms with Gasteiger partial charge >= 0.3 is 0 Å². The van der Waals surface area contributed by atoms with E-state index in [1.165, 1.54) is 0 Å². The van der Waals surface area contributed by atoms with Gasteiger partial charge in [-0.1, -0.05) is 101 Å². The van der Waals surface area contributed by atoms with Crippen molar-refractivity contribution in [2.45, 2.75) is 12.8 Å². The first-order chi connectivity index (χ1) is 16.9. The average molecular weight is 475 g/mol. The average Bonchev–Trinajstić information content (AvgIpc) is 3.24. The Hall–Kier alpha value is -4.99. The molecule has 0 bridgehead atoms. The number of hydrogen-bond acceptors (Lipinski definition) is 7. The molecular formula is C25H26N6O4. The highest BCUT2D eigenvalue weighted by atomic mass is 16.4. The van der Waals surface area contributed by atoms with E-state index in [1.807, 2.05) is 48.5 Å². The van der Waals surface area contributed by atoms with Crippen LogP contribution in [-0.4, -0.2) is 44.6 Å². The summed E-state index contributed by atoms with van der Waals surface area (Å²) >= 11 is 0. The van der Waals surface area contributed by atoms with Gasteiger partial charge in [0.1, 0.15) is 5.84 Å². The van der Waals surface area contributed by atoms with Crippen molar-refractivity contribution in [2.24, 2.45) is 21.8 Å². The lowest BCUT2D eigenvalue weighted by Gasteiger charge is -2.14. The molecule has 1 heterocycles. The molecule has 7 N–H and O–H groups in total. The van der Waals surface area contributed by atoms with Crippen LogP contribution in [0.5, 0.6) is 0 Å². The lowest BCUT2D eigenvalue weighted by molar-refractivity contribution is -0.133. The topological polar surface area (TPSA) is 178 Å². The van der Waals surface area contributed by atoms with Crippen LogP contribution < -0.4 is 11.5 Å². The van der Waals surface area contributed by atoms with Gasteiger partial charge in [0.15, 0.2) is 11.7 Å². The zero-order chi connectivity index (χ0) is 25.6. The van der Waals surface area contributed by atoms with Crippen molar-refractivity contribution in [1.29, 1.82) is 5.41 Å². The van der Waals surface area contributed by atoms with Crippen LogP contribution in [0.25, 0.3) is 0 Å². The summed E-state index contributed by atoms with van der Waals surface area (Å²) in [4.78, 5) is 23.9. The summed E-state index contributed by atoms with van der Waals surface area (Å²) in [5.41, 5.74) is 12.5. The molecule has 10 nitrogen and oxygen atoms in total. The van der Waals surface area contributed by atoms with E-state index in [4.69, 9.17) is 27.3 Å². The van der Waals surface area contributed by atoms with Gasteiger partial charge < -0.3 is 21.9 Å². The predicted octanol–water partition coefficient (Wildman–Crippen LogP) is 2.72. The van der Waals surface area contributed by atoms with Crippen LogP contribution in [0.2, 0.25) is 0 Å². The summed E-state index contributed by atoms with van der Waals surface area (Å²) in [5.74, 6) is -0.410. The first-order valence-electron chi connectivity index (χ1n) is 10.4. The SMILES string of the molecule is N=C(N)c1ccccc1.NC(=NO)c1ccccc1.O=C1CCC(=O)N1C(=NO)c1ccccc1. The minimum atomic E-state index is -0.332. The van der Waals surface area contributed by atoms with E-state index < -0.39 is 0 Å². The minimum Gasteiger partial charge on any atom is -0.409 e. The molecule has 0 spiro atoms. The molecule has 1 fully saturated rings. The Bertz CT molecular complexity index is 1170. The Morgan fingerprint density at radius 1 is 0.686 bits per heavy atom. The van der Waals surface area contributed by atoms with Gasteiger partial charge in [-0.2, -0.15) is 0 Å². The largest absolute Gasteiger partial charge is 0.409 e. The van der Waals surface area contributed by atoms with Gasteiger partial charge in [-0.25, -0.2) is 4.90 Å². The molecule has 1 aliphatic heterocycles. The van der Waals surface area contributed by atoms with E-state index in [1.54, 1.807) is 42.5 Å². The summed E-state index contributed by atoms with van der Waals surface area (Å²) in [5, 5.41) is 30.1. The number of nitrogens with one attached hydrogen (secondary N) is 1. The quantitative estimate of drug-likeness (QED) is 0.128. The summed E-state index contributed by atoms with van der Waals surface area (Å²) in [6.45, 7) is 0. The van der Waals surface area contributed by atoms with Crippen LogP contribution in [-0.2, 0) is 9.59 Å². The first-order valence-corrected chi connectivity index (χ1v) is 10.4. The summed E-state index contributed by atoms with van der Waals surface area (Å²) in [7, 11) is 0. The van der Waals surface area contributed by atoms with E-state index in [0.717, 1.165) is 16.0 Å². The van der Waals surface area contributed by atoms with Crippen LogP contribution in [0.15, 0.2) is 101 Å². The van der Waals surface area contributed by atoms with Crippen molar-refractivity contribution >= 4 is 29.3 Å². The molecule has 1 aliphatic rings. The number of amidine groups is 3. The second kappa shape index (κ2) is 13.5. The standard InChI is InChI=1S/C11H10N2O3.C7H8N2O.C7H8N2/c14-9-6-7-10(15)13(9)11(12-16)8-4-2-1-3-5-8;8-7(9-10)6-4-2-1-3-5-6;8-7(9)6-4-2-1-3-5-6/h1-5,16H,6-7H2;1-5,10H,(H2,8,9);1-5H,(H3,8,9).